The lowest BCUT2D eigenvalue weighted by molar-refractivity contribution is 0.102. The summed E-state index contributed by atoms with van der Waals surface area (Å²) >= 11 is 7.14. The van der Waals surface area contributed by atoms with E-state index in [-0.39, 0.29) is 23.3 Å². The van der Waals surface area contributed by atoms with Gasteiger partial charge in [0.1, 0.15) is 11.5 Å². The first kappa shape index (κ1) is 26.5. The van der Waals surface area contributed by atoms with Crippen molar-refractivity contribution in [2.45, 2.75) is 0 Å². The van der Waals surface area contributed by atoms with E-state index in [9.17, 15) is 14.7 Å². The van der Waals surface area contributed by atoms with Gasteiger partial charge in [0, 0.05) is 22.3 Å². The van der Waals surface area contributed by atoms with Gasteiger partial charge in [-0.15, -0.1) is 11.3 Å². The number of phenolic OH excluding ortho intramolecular Hbond substituents is 1. The fourth-order valence-corrected chi connectivity index (χ4v) is 4.17. The van der Waals surface area contributed by atoms with Crippen molar-refractivity contribution in [1.29, 1.82) is 0 Å². The van der Waals surface area contributed by atoms with E-state index in [2.05, 4.69) is 20.9 Å². The lowest BCUT2D eigenvalue weighted by atomic mass is 10.1. The number of nitrogens with one attached hydrogen (secondary N) is 3. The van der Waals surface area contributed by atoms with Crippen LogP contribution in [-0.4, -0.2) is 29.1 Å². The van der Waals surface area contributed by atoms with Gasteiger partial charge >= 0.3 is 6.03 Å². The molecule has 0 aliphatic heterocycles. The van der Waals surface area contributed by atoms with Crippen molar-refractivity contribution in [2.75, 3.05) is 23.1 Å². The Morgan fingerprint density at radius 2 is 1.63 bits per heavy atom. The number of para-hydroxylation sites is 2. The number of carbonyl (C=O) groups is 2. The summed E-state index contributed by atoms with van der Waals surface area (Å²) in [4.78, 5) is 27.8. The van der Waals surface area contributed by atoms with E-state index in [1.807, 2.05) is 30.3 Å². The molecule has 1 heterocycles. The van der Waals surface area contributed by atoms with E-state index in [4.69, 9.17) is 16.3 Å². The predicted octanol–water partition coefficient (Wildman–Crippen LogP) is 7.25. The summed E-state index contributed by atoms with van der Waals surface area (Å²) in [5, 5.41) is 22.8. The number of benzene rings is 4. The Labute approximate surface area is 227 Å². The number of aromatic nitrogens is 1. The zero-order valence-corrected chi connectivity index (χ0v) is 21.7. The van der Waals surface area contributed by atoms with Crippen LogP contribution in [0.2, 0.25) is 5.02 Å². The maximum absolute atomic E-state index is 12.4. The van der Waals surface area contributed by atoms with E-state index in [1.54, 1.807) is 73.3 Å². The molecule has 0 bridgehead atoms. The Bertz CT molecular complexity index is 1560. The predicted molar refractivity (Wildman–Crippen MR) is 153 cm³/mol. The molecule has 0 fully saturated rings. The molecule has 4 aromatic carbocycles. The molecular formula is C28H23ClN4O4S. The molecule has 0 aliphatic rings. The Morgan fingerprint density at radius 1 is 0.895 bits per heavy atom. The van der Waals surface area contributed by atoms with Crippen molar-refractivity contribution in [3.8, 4) is 11.5 Å². The molecule has 0 spiro atoms. The van der Waals surface area contributed by atoms with Crippen LogP contribution in [0.15, 0.2) is 96.5 Å². The fraction of sp³-hybridized carbons (Fsp3) is 0.0357. The number of rotatable bonds is 5. The maximum atomic E-state index is 12.4. The summed E-state index contributed by atoms with van der Waals surface area (Å²) in [6.45, 7) is 0. The van der Waals surface area contributed by atoms with Crippen molar-refractivity contribution in [3.05, 3.63) is 107 Å². The SMILES string of the molecule is COc1ccccc1NC(=O)c1cc2ccccc2cc1O.O=C(Nc1cccc(Cl)c1)Nc1nccs1. The number of ether oxygens (including phenoxy) is 1. The number of methoxy groups -OCH3 is 1. The van der Waals surface area contributed by atoms with Gasteiger partial charge in [0.05, 0.1) is 18.4 Å². The van der Waals surface area contributed by atoms with Crippen LogP contribution in [0, 0.1) is 0 Å². The fourth-order valence-electron chi connectivity index (χ4n) is 3.46. The molecule has 5 aromatic rings. The number of fused-ring (bicyclic) bond motifs is 1. The molecule has 1 aromatic heterocycles. The molecule has 0 radical (unpaired) electrons. The summed E-state index contributed by atoms with van der Waals surface area (Å²) in [6, 6.07) is 24.6. The highest BCUT2D eigenvalue weighted by Crippen LogP contribution is 2.28. The van der Waals surface area contributed by atoms with E-state index < -0.39 is 0 Å². The molecule has 0 unspecified atom stereocenters. The monoisotopic (exact) mass is 546 g/mol. The quantitative estimate of drug-likeness (QED) is 0.185. The molecule has 192 valence electrons. The van der Waals surface area contributed by atoms with Crippen molar-refractivity contribution >= 4 is 62.2 Å². The van der Waals surface area contributed by atoms with Gasteiger partial charge in [0.15, 0.2) is 5.13 Å². The van der Waals surface area contributed by atoms with Gasteiger partial charge in [0.2, 0.25) is 0 Å². The first-order valence-corrected chi connectivity index (χ1v) is 12.6. The minimum absolute atomic E-state index is 0.0499. The normalized spacial score (nSPS) is 10.2. The van der Waals surface area contributed by atoms with Gasteiger partial charge < -0.3 is 20.5 Å². The minimum atomic E-state index is -0.382. The molecule has 0 atom stereocenters. The Balaban J connectivity index is 0.000000186. The van der Waals surface area contributed by atoms with Gasteiger partial charge in [-0.1, -0.05) is 54.1 Å². The van der Waals surface area contributed by atoms with E-state index in [0.717, 1.165) is 10.8 Å². The Kier molecular flexibility index (Phi) is 8.76. The van der Waals surface area contributed by atoms with Crippen LogP contribution in [0.1, 0.15) is 10.4 Å². The molecule has 10 heteroatoms. The number of phenols is 1. The first-order valence-electron chi connectivity index (χ1n) is 11.3. The van der Waals surface area contributed by atoms with Crippen LogP contribution in [0.3, 0.4) is 0 Å². The van der Waals surface area contributed by atoms with Gasteiger partial charge in [-0.3, -0.25) is 10.1 Å². The second kappa shape index (κ2) is 12.6. The third-order valence-electron chi connectivity index (χ3n) is 5.20. The van der Waals surface area contributed by atoms with Gasteiger partial charge in [-0.05, 0) is 53.2 Å². The standard InChI is InChI=1S/C18H15NO3.C10H8ClN3OS/c1-22-17-9-5-4-8-15(17)19-18(21)14-10-12-6-2-3-7-13(12)11-16(14)20;11-7-2-1-3-8(6-7)13-9(15)14-10-12-4-5-16-10/h2-11,20H,1H3,(H,19,21);1-6H,(H2,12,13,14,15). The zero-order valence-electron chi connectivity index (χ0n) is 20.1. The highest BCUT2D eigenvalue weighted by molar-refractivity contribution is 7.13. The highest BCUT2D eigenvalue weighted by atomic mass is 35.5. The number of halogens is 1. The number of carbonyl (C=O) groups excluding carboxylic acids is 2. The number of hydrogen-bond donors (Lipinski definition) is 4. The third kappa shape index (κ3) is 7.00. The highest BCUT2D eigenvalue weighted by Gasteiger charge is 2.14. The van der Waals surface area contributed by atoms with Gasteiger partial charge in [0.25, 0.3) is 5.91 Å². The largest absolute Gasteiger partial charge is 0.507 e. The molecule has 8 nitrogen and oxygen atoms in total. The lowest BCUT2D eigenvalue weighted by Crippen LogP contribution is -2.19. The molecule has 3 amide bonds. The molecule has 0 saturated carbocycles. The van der Waals surface area contributed by atoms with Crippen LogP contribution in [0.25, 0.3) is 10.8 Å². The zero-order chi connectivity index (χ0) is 26.9. The molecule has 5 rings (SSSR count). The molecule has 0 aliphatic carbocycles. The van der Waals surface area contributed by atoms with Gasteiger partial charge in [-0.25, -0.2) is 9.78 Å². The Hall–Kier alpha value is -4.60. The molecule has 38 heavy (non-hydrogen) atoms. The first-order chi connectivity index (χ1) is 18.4. The maximum Gasteiger partial charge on any atom is 0.325 e. The van der Waals surface area contributed by atoms with Crippen molar-refractivity contribution in [1.82, 2.24) is 4.98 Å². The summed E-state index contributed by atoms with van der Waals surface area (Å²) in [6.07, 6.45) is 1.62. The van der Waals surface area contributed by atoms with Crippen LogP contribution in [-0.2, 0) is 0 Å². The van der Waals surface area contributed by atoms with Crippen LogP contribution in [0.5, 0.6) is 11.5 Å². The van der Waals surface area contributed by atoms with Crippen molar-refractivity contribution < 1.29 is 19.4 Å². The topological polar surface area (TPSA) is 113 Å². The summed E-state index contributed by atoms with van der Waals surface area (Å²) in [5.41, 5.74) is 1.42. The second-order valence-electron chi connectivity index (χ2n) is 7.80. The van der Waals surface area contributed by atoms with E-state index >= 15 is 0 Å². The summed E-state index contributed by atoms with van der Waals surface area (Å²) in [5.74, 6) is 0.134. The van der Waals surface area contributed by atoms with Crippen LogP contribution in [0.4, 0.5) is 21.3 Å². The Morgan fingerprint density at radius 3 is 2.34 bits per heavy atom. The van der Waals surface area contributed by atoms with Crippen molar-refractivity contribution in [3.63, 3.8) is 0 Å². The lowest BCUT2D eigenvalue weighted by Gasteiger charge is -2.11. The van der Waals surface area contributed by atoms with Crippen LogP contribution < -0.4 is 20.7 Å². The van der Waals surface area contributed by atoms with E-state index in [0.29, 0.717) is 27.3 Å². The number of amides is 3. The van der Waals surface area contributed by atoms with Gasteiger partial charge in [-0.2, -0.15) is 0 Å². The molecular weight excluding hydrogens is 524 g/mol. The average Bonchev–Trinajstić information content (AvgIpc) is 3.42. The number of thiazole rings is 1. The third-order valence-corrected chi connectivity index (χ3v) is 6.12. The molecule has 4 N–H and O–H groups in total. The summed E-state index contributed by atoms with van der Waals surface area (Å²) < 4.78 is 5.21. The molecule has 0 saturated heterocycles. The van der Waals surface area contributed by atoms with Crippen molar-refractivity contribution in [2.24, 2.45) is 0 Å². The minimum Gasteiger partial charge on any atom is -0.507 e. The number of nitrogens with zero attached hydrogens (tertiary/aromatic N) is 1. The number of anilines is 3. The number of aromatic hydroxyl groups is 1. The second-order valence-corrected chi connectivity index (χ2v) is 9.13. The number of urea groups is 1. The summed E-state index contributed by atoms with van der Waals surface area (Å²) in [7, 11) is 1.54. The van der Waals surface area contributed by atoms with E-state index in [1.165, 1.54) is 11.3 Å². The number of hydrogen-bond acceptors (Lipinski definition) is 6. The van der Waals surface area contributed by atoms with Crippen LogP contribution >= 0.6 is 22.9 Å². The average molecular weight is 547 g/mol. The smallest absolute Gasteiger partial charge is 0.325 e.